The molecule has 120 valence electrons. The maximum absolute atomic E-state index is 12.9. The number of rotatable bonds is 5. The van der Waals surface area contributed by atoms with E-state index in [1.165, 1.54) is 24.3 Å². The number of carbonyl (C=O) groups excluding carboxylic acids is 1. The first kappa shape index (κ1) is 15.5. The number of phenolic OH excluding ortho intramolecular Hbond substituents is 1. The van der Waals surface area contributed by atoms with Crippen molar-refractivity contribution in [2.45, 2.75) is 18.4 Å². The quantitative estimate of drug-likeness (QED) is 0.794. The highest BCUT2D eigenvalue weighted by Crippen LogP contribution is 2.47. The highest BCUT2D eigenvalue weighted by atomic mass is 19.1. The van der Waals surface area contributed by atoms with Crippen molar-refractivity contribution in [2.75, 3.05) is 6.61 Å². The van der Waals surface area contributed by atoms with E-state index in [9.17, 15) is 19.4 Å². The molecule has 0 bridgehead atoms. The molecule has 5 heteroatoms. The second-order valence-corrected chi connectivity index (χ2v) is 5.84. The Morgan fingerprint density at radius 1 is 1.17 bits per heavy atom. The molecular weight excluding hydrogens is 297 g/mol. The summed E-state index contributed by atoms with van der Waals surface area (Å²) < 4.78 is 12.9. The molecule has 0 spiro atoms. The van der Waals surface area contributed by atoms with Crippen LogP contribution in [0.15, 0.2) is 48.5 Å². The van der Waals surface area contributed by atoms with Gasteiger partial charge in [0.2, 0.25) is 5.91 Å². The van der Waals surface area contributed by atoms with Gasteiger partial charge in [0.1, 0.15) is 11.6 Å². The molecule has 3 N–H and O–H groups in total. The normalized spacial score (nSPS) is 20.8. The minimum Gasteiger partial charge on any atom is -0.508 e. The van der Waals surface area contributed by atoms with Crippen LogP contribution >= 0.6 is 0 Å². The van der Waals surface area contributed by atoms with Crippen molar-refractivity contribution in [3.63, 3.8) is 0 Å². The lowest BCUT2D eigenvalue weighted by Gasteiger charge is -2.17. The summed E-state index contributed by atoms with van der Waals surface area (Å²) >= 11 is 0. The number of benzene rings is 2. The van der Waals surface area contributed by atoms with Crippen LogP contribution in [0.5, 0.6) is 5.75 Å². The summed E-state index contributed by atoms with van der Waals surface area (Å²) in [6.07, 6.45) is 0.727. The summed E-state index contributed by atoms with van der Waals surface area (Å²) in [5.41, 5.74) is 1.69. The third-order valence-electron chi connectivity index (χ3n) is 4.22. The van der Waals surface area contributed by atoms with Gasteiger partial charge in [0.25, 0.3) is 0 Å². The molecule has 3 rings (SSSR count). The summed E-state index contributed by atoms with van der Waals surface area (Å²) in [5, 5.41) is 21.6. The molecule has 1 amide bonds. The fraction of sp³-hybridized carbons (Fsp3) is 0.278. The first-order valence-corrected chi connectivity index (χ1v) is 7.54. The molecule has 0 radical (unpaired) electrons. The number of hydrogen-bond donors (Lipinski definition) is 3. The average Bonchev–Trinajstić information content (AvgIpc) is 3.35. The van der Waals surface area contributed by atoms with Gasteiger partial charge in [0.15, 0.2) is 0 Å². The minimum absolute atomic E-state index is 0.106. The second-order valence-electron chi connectivity index (χ2n) is 5.84. The Bertz CT molecular complexity index is 684. The van der Waals surface area contributed by atoms with Crippen molar-refractivity contribution in [3.8, 4) is 5.75 Å². The third-order valence-corrected chi connectivity index (χ3v) is 4.22. The zero-order valence-electron chi connectivity index (χ0n) is 12.4. The van der Waals surface area contributed by atoms with E-state index in [2.05, 4.69) is 5.32 Å². The van der Waals surface area contributed by atoms with E-state index in [0.717, 1.165) is 17.5 Å². The van der Waals surface area contributed by atoms with Crippen molar-refractivity contribution in [3.05, 3.63) is 65.5 Å². The van der Waals surface area contributed by atoms with E-state index in [0.29, 0.717) is 0 Å². The van der Waals surface area contributed by atoms with Crippen molar-refractivity contribution in [1.82, 2.24) is 5.32 Å². The lowest BCUT2D eigenvalue weighted by Crippen LogP contribution is -2.32. The van der Waals surface area contributed by atoms with E-state index in [1.54, 1.807) is 24.3 Å². The zero-order chi connectivity index (χ0) is 16.4. The Morgan fingerprint density at radius 2 is 1.83 bits per heavy atom. The van der Waals surface area contributed by atoms with Gasteiger partial charge < -0.3 is 15.5 Å². The summed E-state index contributed by atoms with van der Waals surface area (Å²) in [5.74, 6) is -0.314. The molecule has 1 aliphatic rings. The number of amides is 1. The highest BCUT2D eigenvalue weighted by molar-refractivity contribution is 5.83. The second kappa shape index (κ2) is 6.38. The topological polar surface area (TPSA) is 69.6 Å². The Kier molecular flexibility index (Phi) is 4.30. The molecule has 0 heterocycles. The molecule has 0 aromatic heterocycles. The molecule has 4 nitrogen and oxygen atoms in total. The SMILES string of the molecule is O=C(N[C@@H](CO)c1ccc(O)cc1)[C@H]1C[C@@H]1c1ccc(F)cc1. The zero-order valence-corrected chi connectivity index (χ0v) is 12.4. The van der Waals surface area contributed by atoms with Crippen LogP contribution in [0.2, 0.25) is 0 Å². The summed E-state index contributed by atoms with van der Waals surface area (Å²) in [6.45, 7) is -0.218. The molecule has 3 atom stereocenters. The van der Waals surface area contributed by atoms with Gasteiger partial charge in [-0.2, -0.15) is 0 Å². The lowest BCUT2D eigenvalue weighted by molar-refractivity contribution is -0.123. The maximum atomic E-state index is 12.9. The number of phenols is 1. The van der Waals surface area contributed by atoms with Gasteiger partial charge in [-0.25, -0.2) is 4.39 Å². The number of nitrogens with one attached hydrogen (secondary N) is 1. The maximum Gasteiger partial charge on any atom is 0.224 e. The summed E-state index contributed by atoms with van der Waals surface area (Å²) in [6, 6.07) is 12.1. The Hall–Kier alpha value is -2.40. The van der Waals surface area contributed by atoms with Crippen LogP contribution in [0.4, 0.5) is 4.39 Å². The molecule has 0 saturated heterocycles. The summed E-state index contributed by atoms with van der Waals surface area (Å²) in [4.78, 5) is 12.3. The van der Waals surface area contributed by atoms with Gasteiger partial charge in [-0.05, 0) is 47.7 Å². The van der Waals surface area contributed by atoms with Gasteiger partial charge in [-0.1, -0.05) is 24.3 Å². The number of carbonyl (C=O) groups is 1. The highest BCUT2D eigenvalue weighted by Gasteiger charge is 2.44. The fourth-order valence-electron chi connectivity index (χ4n) is 2.78. The molecule has 1 aliphatic carbocycles. The van der Waals surface area contributed by atoms with E-state index in [-0.39, 0.29) is 35.9 Å². The van der Waals surface area contributed by atoms with Gasteiger partial charge >= 0.3 is 0 Å². The molecule has 0 unspecified atom stereocenters. The van der Waals surface area contributed by atoms with Gasteiger partial charge in [0.05, 0.1) is 12.6 Å². The van der Waals surface area contributed by atoms with Crippen molar-refractivity contribution in [1.29, 1.82) is 0 Å². The van der Waals surface area contributed by atoms with Gasteiger partial charge in [-0.15, -0.1) is 0 Å². The molecule has 0 aliphatic heterocycles. The lowest BCUT2D eigenvalue weighted by atomic mass is 10.1. The number of hydrogen-bond acceptors (Lipinski definition) is 3. The van der Waals surface area contributed by atoms with Crippen LogP contribution < -0.4 is 5.32 Å². The first-order valence-electron chi connectivity index (χ1n) is 7.54. The minimum atomic E-state index is -0.502. The van der Waals surface area contributed by atoms with Gasteiger partial charge in [-0.3, -0.25) is 4.79 Å². The smallest absolute Gasteiger partial charge is 0.224 e. The van der Waals surface area contributed by atoms with Crippen LogP contribution in [0.25, 0.3) is 0 Å². The molecule has 1 fully saturated rings. The molecule has 23 heavy (non-hydrogen) atoms. The first-order chi connectivity index (χ1) is 11.1. The average molecular weight is 315 g/mol. The summed E-state index contributed by atoms with van der Waals surface area (Å²) in [7, 11) is 0. The van der Waals surface area contributed by atoms with Crippen LogP contribution in [-0.2, 0) is 4.79 Å². The Labute approximate surface area is 133 Å². The van der Waals surface area contributed by atoms with E-state index in [1.807, 2.05) is 0 Å². The standard InChI is InChI=1S/C18H18FNO3/c19-13-5-1-11(2-6-13)15-9-16(15)18(23)20-17(10-21)12-3-7-14(22)8-4-12/h1-8,15-17,21-22H,9-10H2,(H,20,23)/t15-,16+,17+/m1/s1. The Balaban J connectivity index is 1.62. The molecule has 2 aromatic carbocycles. The van der Waals surface area contributed by atoms with Crippen molar-refractivity contribution < 1.29 is 19.4 Å². The number of aliphatic hydroxyl groups excluding tert-OH is 1. The predicted octanol–water partition coefficient (Wildman–Crippen LogP) is 2.48. The molecular formula is C18H18FNO3. The molecule has 1 saturated carbocycles. The van der Waals surface area contributed by atoms with Crippen LogP contribution in [-0.4, -0.2) is 22.7 Å². The number of aliphatic hydroxyl groups is 1. The van der Waals surface area contributed by atoms with Crippen LogP contribution in [0.3, 0.4) is 0 Å². The monoisotopic (exact) mass is 315 g/mol. The van der Waals surface area contributed by atoms with Gasteiger partial charge in [0, 0.05) is 5.92 Å². The molecule has 2 aromatic rings. The number of halogens is 1. The van der Waals surface area contributed by atoms with E-state index < -0.39 is 6.04 Å². The van der Waals surface area contributed by atoms with Crippen LogP contribution in [0.1, 0.15) is 29.5 Å². The van der Waals surface area contributed by atoms with Crippen molar-refractivity contribution in [2.24, 2.45) is 5.92 Å². The van der Waals surface area contributed by atoms with Crippen LogP contribution in [0, 0.1) is 11.7 Å². The fourth-order valence-corrected chi connectivity index (χ4v) is 2.78. The largest absolute Gasteiger partial charge is 0.508 e. The van der Waals surface area contributed by atoms with E-state index >= 15 is 0 Å². The third kappa shape index (κ3) is 3.51. The Morgan fingerprint density at radius 3 is 2.43 bits per heavy atom. The predicted molar refractivity (Wildman–Crippen MR) is 83.3 cm³/mol. The van der Waals surface area contributed by atoms with Crippen molar-refractivity contribution >= 4 is 5.91 Å². The number of aromatic hydroxyl groups is 1. The van der Waals surface area contributed by atoms with E-state index in [4.69, 9.17) is 0 Å².